The first kappa shape index (κ1) is 12.7. The lowest BCUT2D eigenvalue weighted by molar-refractivity contribution is 0.0689. The molecule has 0 saturated heterocycles. The fraction of sp³-hybridized carbons (Fsp3) is 0.727. The van der Waals surface area contributed by atoms with Crippen molar-refractivity contribution in [3.8, 4) is 0 Å². The van der Waals surface area contributed by atoms with E-state index in [1.165, 1.54) is 19.3 Å². The minimum absolute atomic E-state index is 0.0635. The molecular weight excluding hydrogens is 206 g/mol. The van der Waals surface area contributed by atoms with E-state index in [1.807, 2.05) is 0 Å². The van der Waals surface area contributed by atoms with Crippen LogP contribution in [0.3, 0.4) is 0 Å². The number of aryl methyl sites for hydroxylation is 1. The summed E-state index contributed by atoms with van der Waals surface area (Å²) < 4.78 is 1.68. The van der Waals surface area contributed by atoms with Gasteiger partial charge in [0.25, 0.3) is 0 Å². The lowest BCUT2D eigenvalue weighted by atomic mass is 10.1. The number of nitrogens with zero attached hydrogens (tertiary/aromatic N) is 3. The van der Waals surface area contributed by atoms with E-state index in [-0.39, 0.29) is 5.69 Å². The third-order valence-electron chi connectivity index (χ3n) is 2.66. The molecule has 16 heavy (non-hydrogen) atoms. The SMILES string of the molecule is CCCCCCCn1nnc(C(=O)O)c1C. The van der Waals surface area contributed by atoms with Gasteiger partial charge in [-0.1, -0.05) is 37.8 Å². The minimum Gasteiger partial charge on any atom is -0.476 e. The molecule has 0 aliphatic heterocycles. The lowest BCUT2D eigenvalue weighted by Crippen LogP contribution is -2.04. The van der Waals surface area contributed by atoms with Crippen molar-refractivity contribution in [2.24, 2.45) is 0 Å². The Morgan fingerprint density at radius 3 is 2.56 bits per heavy atom. The van der Waals surface area contributed by atoms with Gasteiger partial charge in [-0.3, -0.25) is 0 Å². The zero-order valence-electron chi connectivity index (χ0n) is 9.94. The summed E-state index contributed by atoms with van der Waals surface area (Å²) in [6.45, 7) is 4.69. The first-order valence-corrected chi connectivity index (χ1v) is 5.80. The van der Waals surface area contributed by atoms with Crippen molar-refractivity contribution in [1.29, 1.82) is 0 Å². The van der Waals surface area contributed by atoms with E-state index < -0.39 is 5.97 Å². The van der Waals surface area contributed by atoms with Crippen LogP contribution in [0.15, 0.2) is 0 Å². The Kier molecular flexibility index (Phi) is 4.95. The number of rotatable bonds is 7. The van der Waals surface area contributed by atoms with Gasteiger partial charge in [0, 0.05) is 6.54 Å². The van der Waals surface area contributed by atoms with Gasteiger partial charge >= 0.3 is 5.97 Å². The summed E-state index contributed by atoms with van der Waals surface area (Å²) in [4.78, 5) is 10.7. The largest absolute Gasteiger partial charge is 0.476 e. The van der Waals surface area contributed by atoms with E-state index in [4.69, 9.17) is 5.11 Å². The van der Waals surface area contributed by atoms with E-state index in [1.54, 1.807) is 11.6 Å². The molecule has 1 aromatic heterocycles. The molecule has 0 saturated carbocycles. The van der Waals surface area contributed by atoms with Crippen molar-refractivity contribution < 1.29 is 9.90 Å². The second-order valence-corrected chi connectivity index (χ2v) is 3.97. The Bertz CT molecular complexity index is 347. The maximum Gasteiger partial charge on any atom is 0.358 e. The Morgan fingerprint density at radius 1 is 1.31 bits per heavy atom. The van der Waals surface area contributed by atoms with Crippen LogP contribution in [-0.2, 0) is 6.54 Å². The van der Waals surface area contributed by atoms with E-state index in [2.05, 4.69) is 17.2 Å². The summed E-state index contributed by atoms with van der Waals surface area (Å²) in [5.74, 6) is -1.00. The molecule has 0 bridgehead atoms. The van der Waals surface area contributed by atoms with Gasteiger partial charge in [0.05, 0.1) is 5.69 Å². The predicted molar refractivity (Wildman–Crippen MR) is 60.5 cm³/mol. The molecule has 0 aliphatic rings. The smallest absolute Gasteiger partial charge is 0.358 e. The molecule has 0 unspecified atom stereocenters. The Hall–Kier alpha value is -1.39. The van der Waals surface area contributed by atoms with Crippen molar-refractivity contribution in [2.75, 3.05) is 0 Å². The van der Waals surface area contributed by atoms with Gasteiger partial charge in [-0.25, -0.2) is 9.48 Å². The zero-order valence-corrected chi connectivity index (χ0v) is 9.94. The molecule has 1 N–H and O–H groups in total. The Balaban J connectivity index is 2.40. The van der Waals surface area contributed by atoms with Crippen LogP contribution in [0.1, 0.15) is 55.2 Å². The van der Waals surface area contributed by atoms with Crippen LogP contribution in [0.2, 0.25) is 0 Å². The van der Waals surface area contributed by atoms with E-state index in [0.29, 0.717) is 5.69 Å². The highest BCUT2D eigenvalue weighted by Crippen LogP contribution is 2.07. The highest BCUT2D eigenvalue weighted by Gasteiger charge is 2.14. The molecule has 0 aromatic carbocycles. The van der Waals surface area contributed by atoms with Crippen molar-refractivity contribution in [3.63, 3.8) is 0 Å². The van der Waals surface area contributed by atoms with Crippen molar-refractivity contribution in [2.45, 2.75) is 52.5 Å². The molecule has 5 heteroatoms. The number of aromatic nitrogens is 3. The Morgan fingerprint density at radius 2 is 2.00 bits per heavy atom. The van der Waals surface area contributed by atoms with Gasteiger partial charge in [0.2, 0.25) is 0 Å². The zero-order chi connectivity index (χ0) is 12.0. The van der Waals surface area contributed by atoms with Crippen LogP contribution < -0.4 is 0 Å². The van der Waals surface area contributed by atoms with E-state index in [0.717, 1.165) is 19.4 Å². The average Bonchev–Trinajstić information content (AvgIpc) is 2.60. The third-order valence-corrected chi connectivity index (χ3v) is 2.66. The number of carboxylic acid groups (broad SMARTS) is 1. The summed E-state index contributed by atoms with van der Waals surface area (Å²) in [6.07, 6.45) is 5.91. The second kappa shape index (κ2) is 6.25. The number of aromatic carboxylic acids is 1. The van der Waals surface area contributed by atoms with E-state index in [9.17, 15) is 4.79 Å². The van der Waals surface area contributed by atoms with E-state index >= 15 is 0 Å². The molecule has 0 aliphatic carbocycles. The van der Waals surface area contributed by atoms with Crippen LogP contribution >= 0.6 is 0 Å². The van der Waals surface area contributed by atoms with Gasteiger partial charge in [0.1, 0.15) is 0 Å². The number of hydrogen-bond acceptors (Lipinski definition) is 3. The topological polar surface area (TPSA) is 68.0 Å². The number of carboxylic acids is 1. The predicted octanol–water partition coefficient (Wildman–Crippen LogP) is 2.26. The summed E-state index contributed by atoms with van der Waals surface area (Å²) in [5, 5.41) is 16.3. The van der Waals surface area contributed by atoms with Crippen LogP contribution in [-0.4, -0.2) is 26.1 Å². The Labute approximate surface area is 95.5 Å². The summed E-state index contributed by atoms with van der Waals surface area (Å²) in [6, 6.07) is 0. The summed E-state index contributed by atoms with van der Waals surface area (Å²) in [7, 11) is 0. The monoisotopic (exact) mass is 225 g/mol. The standard InChI is InChI=1S/C11H19N3O2/c1-3-4-5-6-7-8-14-9(2)10(11(15)16)12-13-14/h3-8H2,1-2H3,(H,15,16). The van der Waals surface area contributed by atoms with Crippen molar-refractivity contribution >= 4 is 5.97 Å². The van der Waals surface area contributed by atoms with Gasteiger partial charge in [-0.05, 0) is 13.3 Å². The van der Waals surface area contributed by atoms with Gasteiger partial charge in [0.15, 0.2) is 5.69 Å². The highest BCUT2D eigenvalue weighted by atomic mass is 16.4. The number of unbranched alkanes of at least 4 members (excludes halogenated alkanes) is 4. The molecule has 0 amide bonds. The molecule has 5 nitrogen and oxygen atoms in total. The number of carbonyl (C=O) groups is 1. The first-order chi connectivity index (χ1) is 7.66. The molecule has 1 aromatic rings. The summed E-state index contributed by atoms with van der Waals surface area (Å²) >= 11 is 0. The van der Waals surface area contributed by atoms with Crippen LogP contribution in [0.5, 0.6) is 0 Å². The molecule has 90 valence electrons. The van der Waals surface area contributed by atoms with Crippen LogP contribution in [0.25, 0.3) is 0 Å². The average molecular weight is 225 g/mol. The van der Waals surface area contributed by atoms with Crippen LogP contribution in [0.4, 0.5) is 0 Å². The molecule has 0 atom stereocenters. The lowest BCUT2D eigenvalue weighted by Gasteiger charge is -2.02. The maximum atomic E-state index is 10.7. The van der Waals surface area contributed by atoms with Crippen LogP contribution in [0, 0.1) is 6.92 Å². The molecule has 0 spiro atoms. The van der Waals surface area contributed by atoms with Gasteiger partial charge in [-0.15, -0.1) is 5.10 Å². The van der Waals surface area contributed by atoms with Gasteiger partial charge in [-0.2, -0.15) is 0 Å². The molecule has 0 fully saturated rings. The maximum absolute atomic E-state index is 10.7. The minimum atomic E-state index is -1.00. The highest BCUT2D eigenvalue weighted by molar-refractivity contribution is 5.86. The fourth-order valence-electron chi connectivity index (χ4n) is 1.64. The molecule has 0 radical (unpaired) electrons. The number of hydrogen-bond donors (Lipinski definition) is 1. The molecule has 1 heterocycles. The molecular formula is C11H19N3O2. The first-order valence-electron chi connectivity index (χ1n) is 5.80. The van der Waals surface area contributed by atoms with Gasteiger partial charge < -0.3 is 5.11 Å². The third kappa shape index (κ3) is 3.32. The van der Waals surface area contributed by atoms with Crippen molar-refractivity contribution in [3.05, 3.63) is 11.4 Å². The normalized spacial score (nSPS) is 10.6. The second-order valence-electron chi connectivity index (χ2n) is 3.97. The van der Waals surface area contributed by atoms with Crippen molar-refractivity contribution in [1.82, 2.24) is 15.0 Å². The molecule has 1 rings (SSSR count). The summed E-state index contributed by atoms with van der Waals surface area (Å²) in [5.41, 5.74) is 0.705. The quantitative estimate of drug-likeness (QED) is 0.723. The fourth-order valence-corrected chi connectivity index (χ4v) is 1.64.